The molecule has 5 heteroatoms. The molecule has 0 aromatic heterocycles. The van der Waals surface area contributed by atoms with Crippen LogP contribution in [0.3, 0.4) is 0 Å². The molecule has 0 spiro atoms. The number of hydrogen-bond donors (Lipinski definition) is 1. The van der Waals surface area contributed by atoms with Gasteiger partial charge in [-0.2, -0.15) is 0 Å². The summed E-state index contributed by atoms with van der Waals surface area (Å²) in [6.07, 6.45) is 2.21. The first kappa shape index (κ1) is 16.8. The topological polar surface area (TPSA) is 50.9 Å². The highest BCUT2D eigenvalue weighted by Gasteiger charge is 2.25. The van der Waals surface area contributed by atoms with Crippen molar-refractivity contribution in [2.45, 2.75) is 66.5 Å². The van der Waals surface area contributed by atoms with Crippen LogP contribution in [0.5, 0.6) is 0 Å². The van der Waals surface area contributed by atoms with Crippen LogP contribution in [0.1, 0.15) is 54.4 Å². The van der Waals surface area contributed by atoms with E-state index in [1.165, 1.54) is 0 Å². The Hall–Kier alpha value is -0.180. The third-order valence-electron chi connectivity index (χ3n) is 2.20. The van der Waals surface area contributed by atoms with Gasteiger partial charge in [0.2, 0.25) is 8.45 Å². The number of rotatable bonds is 8. The van der Waals surface area contributed by atoms with Gasteiger partial charge in [0.05, 0.1) is 12.4 Å². The van der Waals surface area contributed by atoms with Gasteiger partial charge >= 0.3 is 0 Å². The molecule has 0 saturated heterocycles. The van der Waals surface area contributed by atoms with Crippen LogP contribution < -0.4 is 5.73 Å². The third kappa shape index (κ3) is 6.97. The van der Waals surface area contributed by atoms with Crippen LogP contribution in [0.25, 0.3) is 0 Å². The van der Waals surface area contributed by atoms with E-state index >= 15 is 0 Å². The molecular weight excluding hydrogens is 233 g/mol. The van der Waals surface area contributed by atoms with Crippen molar-refractivity contribution in [1.29, 1.82) is 0 Å². The lowest BCUT2D eigenvalue weighted by atomic mass is 10.3. The summed E-state index contributed by atoms with van der Waals surface area (Å²) in [6, 6.07) is 0.816. The lowest BCUT2D eigenvalue weighted by Gasteiger charge is -2.34. The fraction of sp³-hybridized carbons (Fsp3) is 0.917. The summed E-state index contributed by atoms with van der Waals surface area (Å²) in [7, 11) is -0.958. The zero-order valence-corrected chi connectivity index (χ0v) is 13.0. The molecule has 4 nitrogen and oxygen atoms in total. The van der Waals surface area contributed by atoms with Gasteiger partial charge in [0, 0.05) is 12.1 Å². The zero-order valence-electron chi connectivity index (χ0n) is 12.1. The van der Waals surface area contributed by atoms with Crippen molar-refractivity contribution in [3.8, 4) is 0 Å². The molecule has 1 unspecified atom stereocenters. The van der Waals surface area contributed by atoms with Gasteiger partial charge in [0.15, 0.2) is 0 Å². The van der Waals surface area contributed by atoms with Gasteiger partial charge in [-0.25, -0.2) is 9.43 Å². The molecule has 0 amide bonds. The second-order valence-electron chi connectivity index (χ2n) is 4.75. The normalized spacial score (nSPS) is 15.0. The van der Waals surface area contributed by atoms with Crippen molar-refractivity contribution in [2.75, 3.05) is 6.61 Å². The van der Waals surface area contributed by atoms with E-state index in [0.717, 1.165) is 19.4 Å². The maximum atomic E-state index is 5.90. The van der Waals surface area contributed by atoms with Gasteiger partial charge in [-0.15, -0.1) is 0 Å². The predicted molar refractivity (Wildman–Crippen MR) is 77.2 cm³/mol. The van der Waals surface area contributed by atoms with Crippen molar-refractivity contribution in [1.82, 2.24) is 4.67 Å². The van der Waals surface area contributed by atoms with E-state index in [1.807, 2.05) is 6.92 Å². The van der Waals surface area contributed by atoms with Crippen LogP contribution in [0.2, 0.25) is 0 Å². The lowest BCUT2D eigenvalue weighted by molar-refractivity contribution is 0.251. The number of nitrogens with zero attached hydrogens (tertiary/aromatic N) is 2. The second kappa shape index (κ2) is 8.84. The SMILES string of the molecule is CCCCOP(N=C(C)N)N(C(C)C)C(C)C. The molecule has 0 fully saturated rings. The fourth-order valence-corrected chi connectivity index (χ4v) is 3.21. The van der Waals surface area contributed by atoms with E-state index in [2.05, 4.69) is 44.1 Å². The minimum absolute atomic E-state index is 0.408. The van der Waals surface area contributed by atoms with Crippen molar-refractivity contribution in [3.63, 3.8) is 0 Å². The Morgan fingerprint density at radius 2 is 1.82 bits per heavy atom. The molecule has 0 aliphatic rings. The average molecular weight is 261 g/mol. The summed E-state index contributed by atoms with van der Waals surface area (Å²) in [5.74, 6) is 0.596. The van der Waals surface area contributed by atoms with E-state index < -0.39 is 8.45 Å². The van der Waals surface area contributed by atoms with Gasteiger partial charge < -0.3 is 10.3 Å². The van der Waals surface area contributed by atoms with E-state index in [0.29, 0.717) is 17.9 Å². The summed E-state index contributed by atoms with van der Waals surface area (Å²) in [6.45, 7) is 13.4. The number of nitrogens with two attached hydrogens (primary N) is 1. The largest absolute Gasteiger partial charge is 0.387 e. The molecule has 0 aliphatic carbocycles. The Kier molecular flexibility index (Phi) is 8.75. The quantitative estimate of drug-likeness (QED) is 0.315. The van der Waals surface area contributed by atoms with Crippen molar-refractivity contribution in [3.05, 3.63) is 0 Å². The van der Waals surface area contributed by atoms with E-state index in [9.17, 15) is 0 Å². The van der Waals surface area contributed by atoms with Gasteiger partial charge in [0.1, 0.15) is 0 Å². The molecule has 0 radical (unpaired) electrons. The Morgan fingerprint density at radius 1 is 1.29 bits per heavy atom. The van der Waals surface area contributed by atoms with Crippen molar-refractivity contribution >= 4 is 14.3 Å². The van der Waals surface area contributed by atoms with E-state index in [1.54, 1.807) is 0 Å². The van der Waals surface area contributed by atoms with Crippen LogP contribution in [-0.2, 0) is 4.52 Å². The molecule has 17 heavy (non-hydrogen) atoms. The first-order chi connectivity index (χ1) is 7.90. The Bertz CT molecular complexity index is 220. The van der Waals surface area contributed by atoms with Crippen LogP contribution in [0.4, 0.5) is 0 Å². The predicted octanol–water partition coefficient (Wildman–Crippen LogP) is 3.53. The molecular formula is C12H28N3OP. The van der Waals surface area contributed by atoms with Crippen molar-refractivity contribution < 1.29 is 4.52 Å². The monoisotopic (exact) mass is 261 g/mol. The second-order valence-corrected chi connectivity index (χ2v) is 6.17. The summed E-state index contributed by atoms with van der Waals surface area (Å²) in [5, 5.41) is 0. The highest BCUT2D eigenvalue weighted by molar-refractivity contribution is 7.48. The summed E-state index contributed by atoms with van der Waals surface area (Å²) in [5.41, 5.74) is 5.70. The molecule has 0 bridgehead atoms. The van der Waals surface area contributed by atoms with Crippen LogP contribution >= 0.6 is 8.45 Å². The first-order valence-electron chi connectivity index (χ1n) is 6.42. The third-order valence-corrected chi connectivity index (χ3v) is 4.42. The highest BCUT2D eigenvalue weighted by Crippen LogP contribution is 2.46. The molecule has 0 aromatic rings. The number of amidine groups is 1. The molecule has 0 heterocycles. The molecule has 0 saturated carbocycles. The minimum Gasteiger partial charge on any atom is -0.387 e. The van der Waals surface area contributed by atoms with Gasteiger partial charge in [-0.1, -0.05) is 13.3 Å². The highest BCUT2D eigenvalue weighted by atomic mass is 31.2. The minimum atomic E-state index is -0.958. The van der Waals surface area contributed by atoms with Gasteiger partial charge in [-0.05, 0) is 41.0 Å². The Balaban J connectivity index is 4.68. The van der Waals surface area contributed by atoms with Gasteiger partial charge in [0.25, 0.3) is 0 Å². The molecule has 0 rings (SSSR count). The fourth-order valence-electron chi connectivity index (χ4n) is 1.56. The van der Waals surface area contributed by atoms with Crippen LogP contribution in [0, 0.1) is 0 Å². The summed E-state index contributed by atoms with van der Waals surface area (Å²) >= 11 is 0. The lowest BCUT2D eigenvalue weighted by Crippen LogP contribution is -2.33. The summed E-state index contributed by atoms with van der Waals surface area (Å²) < 4.78 is 12.6. The Labute approximate surface area is 108 Å². The van der Waals surface area contributed by atoms with Crippen molar-refractivity contribution in [2.24, 2.45) is 10.5 Å². The van der Waals surface area contributed by atoms with E-state index in [-0.39, 0.29) is 0 Å². The molecule has 0 aliphatic heterocycles. The Morgan fingerprint density at radius 3 is 2.18 bits per heavy atom. The van der Waals surface area contributed by atoms with E-state index in [4.69, 9.17) is 10.3 Å². The van der Waals surface area contributed by atoms with Gasteiger partial charge in [-0.3, -0.25) is 0 Å². The molecule has 2 N–H and O–H groups in total. The smallest absolute Gasteiger partial charge is 0.240 e. The summed E-state index contributed by atoms with van der Waals surface area (Å²) in [4.78, 5) is 0. The first-order valence-corrected chi connectivity index (χ1v) is 7.58. The molecule has 0 aromatic carbocycles. The molecule has 1 atom stereocenters. The average Bonchev–Trinajstić information content (AvgIpc) is 2.15. The van der Waals surface area contributed by atoms with Crippen LogP contribution in [-0.4, -0.2) is 29.2 Å². The maximum absolute atomic E-state index is 5.90. The standard InChI is InChI=1S/C12H28N3OP/c1-7-8-9-16-17(14-12(6)13)15(10(2)3)11(4)5/h10-11H,7-9H2,1-6H3,(H2,13,14). The molecule has 102 valence electrons. The zero-order chi connectivity index (χ0) is 13.4. The number of unbranched alkanes of at least 4 members (excludes halogenated alkanes) is 1. The van der Waals surface area contributed by atoms with Crippen LogP contribution in [0.15, 0.2) is 4.76 Å². The number of hydrogen-bond acceptors (Lipinski definition) is 3. The maximum Gasteiger partial charge on any atom is 0.240 e.